The lowest BCUT2D eigenvalue weighted by Gasteiger charge is -2.24. The van der Waals surface area contributed by atoms with Crippen molar-refractivity contribution in [1.29, 1.82) is 0 Å². The van der Waals surface area contributed by atoms with Gasteiger partial charge in [-0.1, -0.05) is 30.3 Å². The quantitative estimate of drug-likeness (QED) is 0.846. The van der Waals surface area contributed by atoms with Crippen molar-refractivity contribution in [3.8, 4) is 5.75 Å². The second kappa shape index (κ2) is 5.62. The lowest BCUT2D eigenvalue weighted by atomic mass is 9.81. The molecule has 5 heteroatoms. The SMILES string of the molecule is COc1ccccc1C(=O)N1CC[C@]2(C1)C(=O)N(C)c1ccccc12. The summed E-state index contributed by atoms with van der Waals surface area (Å²) < 4.78 is 5.31. The highest BCUT2D eigenvalue weighted by Crippen LogP contribution is 2.46. The summed E-state index contributed by atoms with van der Waals surface area (Å²) in [5.41, 5.74) is 1.88. The molecule has 128 valence electrons. The average molecular weight is 336 g/mol. The molecule has 1 spiro atoms. The van der Waals surface area contributed by atoms with Gasteiger partial charge in [0.15, 0.2) is 0 Å². The van der Waals surface area contributed by atoms with E-state index in [2.05, 4.69) is 0 Å². The van der Waals surface area contributed by atoms with Crippen LogP contribution in [0.1, 0.15) is 22.3 Å². The molecule has 2 aromatic rings. The second-order valence-electron chi connectivity index (χ2n) is 6.64. The minimum Gasteiger partial charge on any atom is -0.496 e. The number of fused-ring (bicyclic) bond motifs is 2. The molecule has 2 aliphatic heterocycles. The molecule has 1 fully saturated rings. The number of benzene rings is 2. The van der Waals surface area contributed by atoms with Crippen molar-refractivity contribution in [2.45, 2.75) is 11.8 Å². The number of amides is 2. The third-order valence-corrected chi connectivity index (χ3v) is 5.39. The molecular formula is C20H20N2O3. The molecule has 5 nitrogen and oxygen atoms in total. The van der Waals surface area contributed by atoms with Crippen LogP contribution in [-0.2, 0) is 10.2 Å². The van der Waals surface area contributed by atoms with Crippen LogP contribution in [0.4, 0.5) is 5.69 Å². The molecule has 2 aliphatic rings. The van der Waals surface area contributed by atoms with Gasteiger partial charge in [0, 0.05) is 25.8 Å². The molecule has 0 radical (unpaired) electrons. The van der Waals surface area contributed by atoms with Crippen molar-refractivity contribution < 1.29 is 14.3 Å². The highest BCUT2D eigenvalue weighted by molar-refractivity contribution is 6.09. The molecule has 0 saturated carbocycles. The Labute approximate surface area is 146 Å². The van der Waals surface area contributed by atoms with E-state index in [1.165, 1.54) is 0 Å². The van der Waals surface area contributed by atoms with Crippen molar-refractivity contribution in [2.75, 3.05) is 32.1 Å². The Morgan fingerprint density at radius 1 is 1.12 bits per heavy atom. The standard InChI is InChI=1S/C20H20N2O3/c1-21-16-9-5-4-8-15(16)20(19(21)24)11-12-22(13-20)18(23)14-7-3-6-10-17(14)25-2/h3-10H,11-13H2,1-2H3/t20-/m1/s1. The van der Waals surface area contributed by atoms with E-state index < -0.39 is 5.41 Å². The number of methoxy groups -OCH3 is 1. The van der Waals surface area contributed by atoms with Crippen LogP contribution in [0.15, 0.2) is 48.5 Å². The van der Waals surface area contributed by atoms with Crippen LogP contribution >= 0.6 is 0 Å². The molecular weight excluding hydrogens is 316 g/mol. The molecule has 0 aromatic heterocycles. The molecule has 2 heterocycles. The van der Waals surface area contributed by atoms with Gasteiger partial charge in [-0.25, -0.2) is 0 Å². The topological polar surface area (TPSA) is 49.9 Å². The van der Waals surface area contributed by atoms with E-state index in [4.69, 9.17) is 4.74 Å². The van der Waals surface area contributed by atoms with Crippen LogP contribution in [0.3, 0.4) is 0 Å². The number of nitrogens with zero attached hydrogens (tertiary/aromatic N) is 2. The van der Waals surface area contributed by atoms with Crippen LogP contribution in [-0.4, -0.2) is 44.0 Å². The Morgan fingerprint density at radius 3 is 2.64 bits per heavy atom. The number of carbonyl (C=O) groups excluding carboxylic acids is 2. The number of ether oxygens (including phenoxy) is 1. The second-order valence-corrected chi connectivity index (χ2v) is 6.64. The normalized spacial score (nSPS) is 21.8. The Bertz CT molecular complexity index is 864. The predicted molar refractivity (Wildman–Crippen MR) is 95.0 cm³/mol. The molecule has 4 rings (SSSR count). The van der Waals surface area contributed by atoms with Crippen LogP contribution in [0, 0.1) is 0 Å². The number of rotatable bonds is 2. The first-order valence-electron chi connectivity index (χ1n) is 8.38. The van der Waals surface area contributed by atoms with Crippen LogP contribution in [0.5, 0.6) is 5.75 Å². The maximum Gasteiger partial charge on any atom is 0.257 e. The van der Waals surface area contributed by atoms with Gasteiger partial charge in [-0.3, -0.25) is 9.59 Å². The fraction of sp³-hybridized carbons (Fsp3) is 0.300. The number of likely N-dealkylation sites (tertiary alicyclic amines) is 1. The predicted octanol–water partition coefficient (Wildman–Crippen LogP) is 2.46. The summed E-state index contributed by atoms with van der Waals surface area (Å²) in [6.45, 7) is 0.967. The number of carbonyl (C=O) groups is 2. The van der Waals surface area contributed by atoms with E-state index >= 15 is 0 Å². The monoisotopic (exact) mass is 336 g/mol. The van der Waals surface area contributed by atoms with Gasteiger partial charge in [-0.05, 0) is 30.2 Å². The Morgan fingerprint density at radius 2 is 1.84 bits per heavy atom. The highest BCUT2D eigenvalue weighted by atomic mass is 16.5. The molecule has 2 aromatic carbocycles. The lowest BCUT2D eigenvalue weighted by Crippen LogP contribution is -2.42. The van der Waals surface area contributed by atoms with E-state index in [-0.39, 0.29) is 11.8 Å². The van der Waals surface area contributed by atoms with Gasteiger partial charge in [0.05, 0.1) is 18.1 Å². The summed E-state index contributed by atoms with van der Waals surface area (Å²) in [7, 11) is 3.36. The first kappa shape index (κ1) is 15.7. The summed E-state index contributed by atoms with van der Waals surface area (Å²) >= 11 is 0. The summed E-state index contributed by atoms with van der Waals surface area (Å²) in [4.78, 5) is 29.4. The molecule has 0 unspecified atom stereocenters. The zero-order chi connectivity index (χ0) is 17.6. The maximum atomic E-state index is 13.0. The molecule has 0 aliphatic carbocycles. The van der Waals surface area contributed by atoms with E-state index in [9.17, 15) is 9.59 Å². The minimum atomic E-state index is -0.622. The van der Waals surface area contributed by atoms with Crippen molar-refractivity contribution in [1.82, 2.24) is 4.90 Å². The van der Waals surface area contributed by atoms with Crippen molar-refractivity contribution in [3.05, 3.63) is 59.7 Å². The zero-order valence-electron chi connectivity index (χ0n) is 14.4. The first-order valence-corrected chi connectivity index (χ1v) is 8.38. The average Bonchev–Trinajstić information content (AvgIpc) is 3.19. The largest absolute Gasteiger partial charge is 0.496 e. The lowest BCUT2D eigenvalue weighted by molar-refractivity contribution is -0.122. The number of likely N-dealkylation sites (N-methyl/N-ethyl adjacent to an activating group) is 1. The minimum absolute atomic E-state index is 0.0732. The molecule has 1 atom stereocenters. The van der Waals surface area contributed by atoms with E-state index in [1.54, 1.807) is 36.1 Å². The third kappa shape index (κ3) is 2.15. The van der Waals surface area contributed by atoms with Crippen molar-refractivity contribution in [3.63, 3.8) is 0 Å². The molecule has 1 saturated heterocycles. The van der Waals surface area contributed by atoms with Gasteiger partial charge >= 0.3 is 0 Å². The van der Waals surface area contributed by atoms with Gasteiger partial charge in [-0.2, -0.15) is 0 Å². The van der Waals surface area contributed by atoms with Crippen molar-refractivity contribution >= 4 is 17.5 Å². The first-order chi connectivity index (χ1) is 12.1. The summed E-state index contributed by atoms with van der Waals surface area (Å²) in [6, 6.07) is 15.1. The Balaban J connectivity index is 1.68. The van der Waals surface area contributed by atoms with Gasteiger partial charge in [0.25, 0.3) is 5.91 Å². The van der Waals surface area contributed by atoms with Gasteiger partial charge in [0.2, 0.25) is 5.91 Å². The van der Waals surface area contributed by atoms with Crippen molar-refractivity contribution in [2.24, 2.45) is 0 Å². The zero-order valence-corrected chi connectivity index (χ0v) is 14.4. The van der Waals surface area contributed by atoms with Crippen LogP contribution in [0.2, 0.25) is 0 Å². The van der Waals surface area contributed by atoms with E-state index in [0.717, 1.165) is 11.3 Å². The summed E-state index contributed by atoms with van der Waals surface area (Å²) in [6.07, 6.45) is 0.647. The maximum absolute atomic E-state index is 13.0. The number of anilines is 1. The molecule has 0 bridgehead atoms. The smallest absolute Gasteiger partial charge is 0.257 e. The Hall–Kier alpha value is -2.82. The van der Waals surface area contributed by atoms with E-state index in [1.807, 2.05) is 36.4 Å². The summed E-state index contributed by atoms with van der Waals surface area (Å²) in [5.74, 6) is 0.543. The molecule has 0 N–H and O–H groups in total. The highest BCUT2D eigenvalue weighted by Gasteiger charge is 2.54. The van der Waals surface area contributed by atoms with Crippen LogP contribution < -0.4 is 9.64 Å². The summed E-state index contributed by atoms with van der Waals surface area (Å²) in [5, 5.41) is 0. The van der Waals surface area contributed by atoms with E-state index in [0.29, 0.717) is 30.8 Å². The number of para-hydroxylation sites is 2. The Kier molecular flexibility index (Phi) is 3.53. The molecule has 2 amide bonds. The third-order valence-electron chi connectivity index (χ3n) is 5.39. The number of hydrogen-bond donors (Lipinski definition) is 0. The van der Waals surface area contributed by atoms with Gasteiger partial charge < -0.3 is 14.5 Å². The van der Waals surface area contributed by atoms with Gasteiger partial charge in [-0.15, -0.1) is 0 Å². The van der Waals surface area contributed by atoms with Crippen LogP contribution in [0.25, 0.3) is 0 Å². The molecule has 25 heavy (non-hydrogen) atoms. The number of hydrogen-bond acceptors (Lipinski definition) is 3. The fourth-order valence-corrected chi connectivity index (χ4v) is 4.09. The fourth-order valence-electron chi connectivity index (χ4n) is 4.09. The van der Waals surface area contributed by atoms with Gasteiger partial charge in [0.1, 0.15) is 5.75 Å².